The van der Waals surface area contributed by atoms with E-state index in [2.05, 4.69) is 5.32 Å². The minimum atomic E-state index is -1.01. The van der Waals surface area contributed by atoms with Crippen molar-refractivity contribution in [1.29, 1.82) is 5.26 Å². The average Bonchev–Trinajstić information content (AvgIpc) is 2.77. The first-order valence-corrected chi connectivity index (χ1v) is 10.1. The molecule has 2 aromatic carbocycles. The number of aryl methyl sites for hydroxylation is 2. The van der Waals surface area contributed by atoms with Crippen molar-refractivity contribution in [3.63, 3.8) is 0 Å². The summed E-state index contributed by atoms with van der Waals surface area (Å²) in [6.07, 6.45) is 3.30. The number of rotatable bonds is 7. The molecule has 3 rings (SSSR count). The number of fused-ring (bicyclic) bond motifs is 1. The lowest BCUT2D eigenvalue weighted by Crippen LogP contribution is -2.30. The third-order valence-corrected chi connectivity index (χ3v) is 5.16. The second-order valence-corrected chi connectivity index (χ2v) is 7.43. The summed E-state index contributed by atoms with van der Waals surface area (Å²) in [6.45, 7) is 1.46. The lowest BCUT2D eigenvalue weighted by atomic mass is 9.89. The minimum Gasteiger partial charge on any atom is -0.453 e. The van der Waals surface area contributed by atoms with Gasteiger partial charge in [0.15, 0.2) is 11.9 Å². The van der Waals surface area contributed by atoms with E-state index in [0.29, 0.717) is 16.8 Å². The number of hydrogen-bond donors (Lipinski definition) is 1. The number of nitriles is 1. The van der Waals surface area contributed by atoms with Crippen LogP contribution in [0.25, 0.3) is 0 Å². The first-order chi connectivity index (χ1) is 14.5. The van der Waals surface area contributed by atoms with E-state index in [9.17, 15) is 14.4 Å². The van der Waals surface area contributed by atoms with Crippen LogP contribution in [0.2, 0.25) is 0 Å². The van der Waals surface area contributed by atoms with Crippen molar-refractivity contribution >= 4 is 23.3 Å². The van der Waals surface area contributed by atoms with E-state index >= 15 is 0 Å². The quantitative estimate of drug-likeness (QED) is 0.556. The fourth-order valence-corrected chi connectivity index (χ4v) is 3.49. The molecule has 6 nitrogen and oxygen atoms in total. The molecule has 0 saturated heterocycles. The Kier molecular flexibility index (Phi) is 6.97. The average molecular weight is 404 g/mol. The summed E-state index contributed by atoms with van der Waals surface area (Å²) in [4.78, 5) is 36.7. The predicted octanol–water partition coefficient (Wildman–Crippen LogP) is 3.97. The Labute approximate surface area is 175 Å². The summed E-state index contributed by atoms with van der Waals surface area (Å²) in [6, 6.07) is 14.2. The van der Waals surface area contributed by atoms with Gasteiger partial charge in [-0.25, -0.2) is 0 Å². The molecule has 0 aliphatic heterocycles. The summed E-state index contributed by atoms with van der Waals surface area (Å²) in [5.74, 6) is -1.21. The van der Waals surface area contributed by atoms with Crippen LogP contribution in [-0.2, 0) is 27.2 Å². The van der Waals surface area contributed by atoms with Gasteiger partial charge in [-0.1, -0.05) is 18.2 Å². The van der Waals surface area contributed by atoms with Gasteiger partial charge in [-0.15, -0.1) is 0 Å². The van der Waals surface area contributed by atoms with E-state index in [1.165, 1.54) is 30.5 Å². The molecule has 0 spiro atoms. The van der Waals surface area contributed by atoms with Crippen molar-refractivity contribution in [2.75, 3.05) is 5.32 Å². The van der Waals surface area contributed by atoms with E-state index in [1.54, 1.807) is 18.2 Å². The lowest BCUT2D eigenvalue weighted by molar-refractivity contribution is -0.153. The predicted molar refractivity (Wildman–Crippen MR) is 112 cm³/mol. The van der Waals surface area contributed by atoms with Crippen molar-refractivity contribution in [1.82, 2.24) is 0 Å². The normalized spacial score (nSPS) is 13.5. The summed E-state index contributed by atoms with van der Waals surface area (Å²) in [5, 5.41) is 11.5. The van der Waals surface area contributed by atoms with Gasteiger partial charge >= 0.3 is 5.97 Å². The van der Waals surface area contributed by atoms with E-state index in [0.717, 1.165) is 19.3 Å². The third kappa shape index (κ3) is 5.54. The highest BCUT2D eigenvalue weighted by atomic mass is 16.5. The number of amides is 1. The smallest absolute Gasteiger partial charge is 0.307 e. The molecule has 0 heterocycles. The van der Waals surface area contributed by atoms with E-state index in [1.807, 2.05) is 24.3 Å². The van der Waals surface area contributed by atoms with Crippen molar-refractivity contribution in [3.8, 4) is 6.07 Å². The molecule has 154 valence electrons. The molecule has 0 aromatic heterocycles. The molecular weight excluding hydrogens is 380 g/mol. The maximum absolute atomic E-state index is 12.4. The molecule has 1 N–H and O–H groups in total. The van der Waals surface area contributed by atoms with Gasteiger partial charge in [0.05, 0.1) is 18.1 Å². The zero-order valence-electron chi connectivity index (χ0n) is 16.9. The number of nitrogens with zero attached hydrogens (tertiary/aromatic N) is 1. The summed E-state index contributed by atoms with van der Waals surface area (Å²) in [7, 11) is 0. The van der Waals surface area contributed by atoms with Crippen LogP contribution in [0.1, 0.15) is 59.7 Å². The lowest BCUT2D eigenvalue weighted by Gasteiger charge is -2.16. The molecule has 1 amide bonds. The van der Waals surface area contributed by atoms with Gasteiger partial charge in [0.25, 0.3) is 5.91 Å². The van der Waals surface area contributed by atoms with Gasteiger partial charge in [0.2, 0.25) is 0 Å². The molecule has 2 aromatic rings. The number of anilines is 1. The van der Waals surface area contributed by atoms with E-state index < -0.39 is 18.0 Å². The number of ether oxygens (including phenoxy) is 1. The van der Waals surface area contributed by atoms with Crippen LogP contribution in [0, 0.1) is 11.3 Å². The molecule has 30 heavy (non-hydrogen) atoms. The zero-order chi connectivity index (χ0) is 21.5. The number of benzene rings is 2. The first-order valence-electron chi connectivity index (χ1n) is 10.1. The van der Waals surface area contributed by atoms with Crippen LogP contribution in [0.4, 0.5) is 5.69 Å². The maximum atomic E-state index is 12.4. The molecule has 0 radical (unpaired) electrons. The molecular formula is C24H24N2O4. The van der Waals surface area contributed by atoms with Crippen LogP contribution in [0.3, 0.4) is 0 Å². The van der Waals surface area contributed by atoms with Gasteiger partial charge in [-0.2, -0.15) is 5.26 Å². The van der Waals surface area contributed by atoms with Gasteiger partial charge in [0, 0.05) is 17.7 Å². The monoisotopic (exact) mass is 404 g/mol. The molecule has 1 aliphatic rings. The first kappa shape index (κ1) is 21.3. The Balaban J connectivity index is 1.48. The largest absolute Gasteiger partial charge is 0.453 e. The Bertz CT molecular complexity index is 1010. The van der Waals surface area contributed by atoms with Crippen molar-refractivity contribution < 1.29 is 19.1 Å². The number of carbonyl (C=O) groups is 3. The van der Waals surface area contributed by atoms with E-state index in [4.69, 9.17) is 10.00 Å². The Morgan fingerprint density at radius 2 is 1.83 bits per heavy atom. The molecule has 0 unspecified atom stereocenters. The van der Waals surface area contributed by atoms with Gasteiger partial charge in [0.1, 0.15) is 0 Å². The minimum absolute atomic E-state index is 0.0379. The van der Waals surface area contributed by atoms with E-state index in [-0.39, 0.29) is 18.6 Å². The van der Waals surface area contributed by atoms with Gasteiger partial charge < -0.3 is 10.1 Å². The third-order valence-electron chi connectivity index (χ3n) is 5.16. The molecule has 0 saturated carbocycles. The number of nitrogens with one attached hydrogen (secondary N) is 1. The summed E-state index contributed by atoms with van der Waals surface area (Å²) >= 11 is 0. The summed E-state index contributed by atoms with van der Waals surface area (Å²) < 4.78 is 5.15. The number of ketones is 1. The number of esters is 1. The molecule has 1 aliphatic carbocycles. The molecule has 0 fully saturated rings. The van der Waals surface area contributed by atoms with Crippen molar-refractivity contribution in [3.05, 3.63) is 64.7 Å². The van der Waals surface area contributed by atoms with Gasteiger partial charge in [-0.3, -0.25) is 14.4 Å². The molecule has 0 bridgehead atoms. The Hall–Kier alpha value is -3.46. The summed E-state index contributed by atoms with van der Waals surface area (Å²) in [5.41, 5.74) is 4.01. The molecule has 1 atom stereocenters. The van der Waals surface area contributed by atoms with Crippen LogP contribution >= 0.6 is 0 Å². The second kappa shape index (κ2) is 9.84. The number of carbonyl (C=O) groups excluding carboxylic acids is 3. The topological polar surface area (TPSA) is 96.3 Å². The maximum Gasteiger partial charge on any atom is 0.307 e. The number of Topliss-reactive ketones (excluding diaryl/α,β-unsaturated/α-hetero) is 1. The zero-order valence-corrected chi connectivity index (χ0v) is 16.9. The highest BCUT2D eigenvalue weighted by molar-refractivity contribution is 5.98. The highest BCUT2D eigenvalue weighted by Gasteiger charge is 2.19. The van der Waals surface area contributed by atoms with Crippen LogP contribution in [-0.4, -0.2) is 23.8 Å². The second-order valence-electron chi connectivity index (χ2n) is 7.43. The molecule has 6 heteroatoms. The standard InChI is InChI=1S/C24H24N2O4/c1-16(24(29)26-21-8-4-5-17(13-21)15-25)30-23(28)12-11-22(27)20-10-9-18-6-2-3-7-19(18)14-20/h4-5,8-10,13-14,16H,2-3,6-7,11-12H2,1H3,(H,26,29)/t16-/m0/s1. The van der Waals surface area contributed by atoms with Crippen LogP contribution in [0.5, 0.6) is 0 Å². The van der Waals surface area contributed by atoms with Crippen LogP contribution in [0.15, 0.2) is 42.5 Å². The van der Waals surface area contributed by atoms with Crippen LogP contribution < -0.4 is 5.32 Å². The SMILES string of the molecule is C[C@H](OC(=O)CCC(=O)c1ccc2c(c1)CCCC2)C(=O)Nc1cccc(C#N)c1. The highest BCUT2D eigenvalue weighted by Crippen LogP contribution is 2.23. The fraction of sp³-hybridized carbons (Fsp3) is 0.333. The van der Waals surface area contributed by atoms with Crippen molar-refractivity contribution in [2.45, 2.75) is 51.6 Å². The van der Waals surface area contributed by atoms with Gasteiger partial charge in [-0.05, 0) is 68.0 Å². The Morgan fingerprint density at radius 1 is 1.07 bits per heavy atom. The Morgan fingerprint density at radius 3 is 2.60 bits per heavy atom. The van der Waals surface area contributed by atoms with Crippen molar-refractivity contribution in [2.24, 2.45) is 0 Å². The fourth-order valence-electron chi connectivity index (χ4n) is 3.49. The number of hydrogen-bond acceptors (Lipinski definition) is 5.